The van der Waals surface area contributed by atoms with E-state index in [-0.39, 0.29) is 22.0 Å². The molecule has 0 saturated carbocycles. The normalized spacial score (nSPS) is 12.1. The summed E-state index contributed by atoms with van der Waals surface area (Å²) >= 11 is 1.06. The smallest absolute Gasteiger partial charge is 0.332 e. The Morgan fingerprint density at radius 2 is 1.80 bits per heavy atom. The van der Waals surface area contributed by atoms with E-state index in [2.05, 4.69) is 20.6 Å². The average molecular weight is 499 g/mol. The molecule has 0 saturated heterocycles. The van der Waals surface area contributed by atoms with Crippen molar-refractivity contribution >= 4 is 34.7 Å². The Kier molecular flexibility index (Phi) is 8.44. The molecular weight excluding hydrogens is 468 g/mol. The zero-order chi connectivity index (χ0) is 25.7. The number of carbonyl (C=O) groups excluding carboxylic acids is 2. The van der Waals surface area contributed by atoms with Crippen LogP contribution in [0.2, 0.25) is 0 Å². The molecule has 1 atom stereocenters. The van der Waals surface area contributed by atoms with Crippen LogP contribution in [0.5, 0.6) is 0 Å². The molecule has 10 nitrogen and oxygen atoms in total. The van der Waals surface area contributed by atoms with E-state index < -0.39 is 28.4 Å². The van der Waals surface area contributed by atoms with Crippen LogP contribution in [0, 0.1) is 5.92 Å². The van der Waals surface area contributed by atoms with E-state index in [4.69, 9.17) is 0 Å². The molecule has 3 rings (SSSR count). The molecule has 35 heavy (non-hydrogen) atoms. The minimum atomic E-state index is -0.880. The monoisotopic (exact) mass is 498 g/mol. The SMILES string of the molecule is CCCn1c(=O)n(C)c(=O)c2c(S[C@H](C(=O)NC(=O)NC)c3ccccc3)nc(CC(C)C)nc21. The number of urea groups is 1. The van der Waals surface area contributed by atoms with Crippen molar-refractivity contribution in [3.63, 3.8) is 0 Å². The van der Waals surface area contributed by atoms with Crippen LogP contribution >= 0.6 is 11.8 Å². The van der Waals surface area contributed by atoms with E-state index in [9.17, 15) is 19.2 Å². The topological polar surface area (TPSA) is 128 Å². The average Bonchev–Trinajstić information content (AvgIpc) is 2.83. The first-order chi connectivity index (χ1) is 16.7. The lowest BCUT2D eigenvalue weighted by Gasteiger charge is -2.19. The van der Waals surface area contributed by atoms with Gasteiger partial charge in [0.15, 0.2) is 5.65 Å². The Labute approximate surface area is 207 Å². The van der Waals surface area contributed by atoms with Crippen LogP contribution in [0.3, 0.4) is 0 Å². The van der Waals surface area contributed by atoms with E-state index >= 15 is 0 Å². The number of nitrogens with one attached hydrogen (secondary N) is 2. The number of nitrogens with zero attached hydrogens (tertiary/aromatic N) is 4. The second-order valence-electron chi connectivity index (χ2n) is 8.52. The highest BCUT2D eigenvalue weighted by atomic mass is 32.2. The third-order valence-electron chi connectivity index (χ3n) is 5.27. The molecule has 2 aromatic heterocycles. The first-order valence-corrected chi connectivity index (χ1v) is 12.3. The molecule has 2 N–H and O–H groups in total. The van der Waals surface area contributed by atoms with Crippen LogP contribution in [0.15, 0.2) is 44.9 Å². The van der Waals surface area contributed by atoms with Gasteiger partial charge in [0.1, 0.15) is 21.5 Å². The molecule has 0 unspecified atom stereocenters. The van der Waals surface area contributed by atoms with E-state index in [1.807, 2.05) is 26.8 Å². The summed E-state index contributed by atoms with van der Waals surface area (Å²) in [4.78, 5) is 60.4. The van der Waals surface area contributed by atoms with Crippen molar-refractivity contribution in [2.45, 2.75) is 50.4 Å². The molecule has 2 heterocycles. The molecule has 186 valence electrons. The van der Waals surface area contributed by atoms with Crippen LogP contribution < -0.4 is 21.9 Å². The zero-order valence-corrected chi connectivity index (χ0v) is 21.3. The molecule has 11 heteroatoms. The number of imide groups is 1. The van der Waals surface area contributed by atoms with Crippen molar-refractivity contribution in [1.29, 1.82) is 0 Å². The number of carbonyl (C=O) groups is 2. The van der Waals surface area contributed by atoms with Crippen molar-refractivity contribution in [3.8, 4) is 0 Å². The maximum Gasteiger partial charge on any atom is 0.332 e. The Hall–Kier alpha value is -3.47. The molecule has 0 aliphatic heterocycles. The van der Waals surface area contributed by atoms with Gasteiger partial charge in [0.2, 0.25) is 5.91 Å². The number of thioether (sulfide) groups is 1. The van der Waals surface area contributed by atoms with Crippen LogP contribution in [0.4, 0.5) is 4.79 Å². The highest BCUT2D eigenvalue weighted by Crippen LogP contribution is 2.37. The number of aromatic nitrogens is 4. The quantitative estimate of drug-likeness (QED) is 0.360. The molecule has 0 radical (unpaired) electrons. The Morgan fingerprint density at radius 1 is 1.11 bits per heavy atom. The molecule has 0 fully saturated rings. The van der Waals surface area contributed by atoms with E-state index in [0.717, 1.165) is 16.3 Å². The fourth-order valence-corrected chi connectivity index (χ4v) is 4.74. The van der Waals surface area contributed by atoms with Crippen LogP contribution in [-0.2, 0) is 24.8 Å². The third kappa shape index (κ3) is 5.79. The van der Waals surface area contributed by atoms with Gasteiger partial charge < -0.3 is 5.32 Å². The van der Waals surface area contributed by atoms with Gasteiger partial charge in [0.05, 0.1) is 0 Å². The number of aryl methyl sites for hydroxylation is 1. The number of amides is 3. The van der Waals surface area contributed by atoms with Gasteiger partial charge in [-0.3, -0.25) is 24.0 Å². The first kappa shape index (κ1) is 26.1. The van der Waals surface area contributed by atoms with Gasteiger partial charge in [-0.2, -0.15) is 0 Å². The Morgan fingerprint density at radius 3 is 2.40 bits per heavy atom. The maximum atomic E-state index is 13.3. The molecule has 0 aliphatic carbocycles. The lowest BCUT2D eigenvalue weighted by atomic mass is 10.1. The summed E-state index contributed by atoms with van der Waals surface area (Å²) < 4.78 is 2.52. The van der Waals surface area contributed by atoms with Crippen molar-refractivity contribution < 1.29 is 9.59 Å². The summed E-state index contributed by atoms with van der Waals surface area (Å²) in [5, 5.41) is 4.27. The molecule has 0 spiro atoms. The van der Waals surface area contributed by atoms with E-state index in [1.54, 1.807) is 24.3 Å². The fourth-order valence-electron chi connectivity index (χ4n) is 3.60. The minimum Gasteiger partial charge on any atom is -0.341 e. The van der Waals surface area contributed by atoms with Crippen molar-refractivity contribution in [2.24, 2.45) is 13.0 Å². The fraction of sp³-hybridized carbons (Fsp3) is 0.417. The second-order valence-corrected chi connectivity index (χ2v) is 9.61. The van der Waals surface area contributed by atoms with Gasteiger partial charge in [-0.15, -0.1) is 0 Å². The number of benzene rings is 1. The zero-order valence-electron chi connectivity index (χ0n) is 20.5. The number of hydrogen-bond acceptors (Lipinski definition) is 7. The second kappa shape index (κ2) is 11.3. The molecule has 3 amide bonds. The summed E-state index contributed by atoms with van der Waals surface area (Å²) in [6.07, 6.45) is 1.19. The summed E-state index contributed by atoms with van der Waals surface area (Å²) in [7, 11) is 2.83. The number of hydrogen-bond donors (Lipinski definition) is 2. The maximum absolute atomic E-state index is 13.3. The van der Waals surface area contributed by atoms with Crippen LogP contribution in [-0.4, -0.2) is 38.1 Å². The summed E-state index contributed by atoms with van der Waals surface area (Å²) in [5.41, 5.74) is -0.0951. The third-order valence-corrected chi connectivity index (χ3v) is 6.51. The molecular formula is C24H30N6O4S. The Bertz CT molecular complexity index is 1350. The highest BCUT2D eigenvalue weighted by Gasteiger charge is 2.27. The summed E-state index contributed by atoms with van der Waals surface area (Å²) in [6, 6.07) is 8.29. The van der Waals surface area contributed by atoms with Gasteiger partial charge in [0, 0.05) is 27.1 Å². The van der Waals surface area contributed by atoms with Crippen molar-refractivity contribution in [3.05, 3.63) is 62.6 Å². The van der Waals surface area contributed by atoms with Crippen molar-refractivity contribution in [1.82, 2.24) is 29.7 Å². The van der Waals surface area contributed by atoms with Crippen molar-refractivity contribution in [2.75, 3.05) is 7.05 Å². The standard InChI is InChI=1S/C24H30N6O4S/c1-6-12-30-19-17(22(32)29(5)24(30)34)21(27-16(26-19)13-14(2)3)35-18(15-10-8-7-9-11-15)20(31)28-23(33)25-4/h7-11,14,18H,6,12-13H2,1-5H3,(H2,25,28,31,33)/t18-/m0/s1. The van der Waals surface area contributed by atoms with Gasteiger partial charge in [0.25, 0.3) is 5.56 Å². The molecule has 1 aromatic carbocycles. The number of rotatable bonds is 8. The summed E-state index contributed by atoms with van der Waals surface area (Å²) in [5.74, 6) is 0.145. The van der Waals surface area contributed by atoms with Crippen LogP contribution in [0.1, 0.15) is 43.8 Å². The largest absolute Gasteiger partial charge is 0.341 e. The predicted molar refractivity (Wildman–Crippen MR) is 136 cm³/mol. The molecule has 0 bridgehead atoms. The lowest BCUT2D eigenvalue weighted by Crippen LogP contribution is -2.40. The molecule has 0 aliphatic rings. The first-order valence-electron chi connectivity index (χ1n) is 11.4. The molecule has 3 aromatic rings. The van der Waals surface area contributed by atoms with E-state index in [0.29, 0.717) is 30.8 Å². The summed E-state index contributed by atoms with van der Waals surface area (Å²) in [6.45, 7) is 6.36. The van der Waals surface area contributed by atoms with Gasteiger partial charge in [-0.05, 0) is 17.9 Å². The van der Waals surface area contributed by atoms with Crippen LogP contribution in [0.25, 0.3) is 11.0 Å². The van der Waals surface area contributed by atoms with E-state index in [1.165, 1.54) is 18.7 Å². The Balaban J connectivity index is 2.28. The highest BCUT2D eigenvalue weighted by molar-refractivity contribution is 8.00. The van der Waals surface area contributed by atoms with Gasteiger partial charge >= 0.3 is 11.7 Å². The lowest BCUT2D eigenvalue weighted by molar-refractivity contribution is -0.119. The van der Waals surface area contributed by atoms with Gasteiger partial charge in [-0.1, -0.05) is 62.9 Å². The predicted octanol–water partition coefficient (Wildman–Crippen LogP) is 2.39. The van der Waals surface area contributed by atoms with Gasteiger partial charge in [-0.25, -0.2) is 19.6 Å². The number of fused-ring (bicyclic) bond motifs is 1. The minimum absolute atomic E-state index is 0.173.